The van der Waals surface area contributed by atoms with Crippen LogP contribution < -0.4 is 15.4 Å². The number of hydrogen-bond donors (Lipinski definition) is 1. The van der Waals surface area contributed by atoms with E-state index >= 15 is 0 Å². The van der Waals surface area contributed by atoms with Crippen LogP contribution in [0.5, 0.6) is 5.75 Å². The van der Waals surface area contributed by atoms with E-state index in [4.69, 9.17) is 15.0 Å². The van der Waals surface area contributed by atoms with Gasteiger partial charge in [0.1, 0.15) is 5.75 Å². The lowest BCUT2D eigenvalue weighted by Gasteiger charge is -2.19. The van der Waals surface area contributed by atoms with E-state index in [1.54, 1.807) is 4.90 Å². The smallest absolute Gasteiger partial charge is 0.232 e. The monoisotopic (exact) mass is 392 g/mol. The molecule has 0 spiro atoms. The van der Waals surface area contributed by atoms with Gasteiger partial charge in [0.25, 0.3) is 0 Å². The second kappa shape index (κ2) is 7.86. The maximum Gasteiger partial charge on any atom is 0.232 e. The van der Waals surface area contributed by atoms with E-state index in [1.165, 1.54) is 0 Å². The van der Waals surface area contributed by atoms with Crippen LogP contribution >= 0.6 is 12.4 Å². The summed E-state index contributed by atoms with van der Waals surface area (Å²) in [6, 6.07) is 7.58. The molecular formula is C19H25ClN4O3. The summed E-state index contributed by atoms with van der Waals surface area (Å²) in [7, 11) is 0. The molecule has 7 nitrogen and oxygen atoms in total. The number of ether oxygens (including phenoxy) is 1. The summed E-state index contributed by atoms with van der Waals surface area (Å²) in [5.74, 6) is 1.70. The molecule has 1 aliphatic carbocycles. The van der Waals surface area contributed by atoms with Crippen molar-refractivity contribution in [2.24, 2.45) is 5.73 Å². The van der Waals surface area contributed by atoms with Crippen LogP contribution in [-0.4, -0.2) is 29.2 Å². The van der Waals surface area contributed by atoms with Crippen molar-refractivity contribution in [3.05, 3.63) is 36.0 Å². The fourth-order valence-electron chi connectivity index (χ4n) is 3.90. The Bertz CT molecular complexity index is 804. The number of carbonyl (C=O) groups excluding carboxylic acids is 1. The molecule has 1 aliphatic heterocycles. The van der Waals surface area contributed by atoms with Gasteiger partial charge < -0.3 is 19.9 Å². The molecular weight excluding hydrogens is 368 g/mol. The highest BCUT2D eigenvalue weighted by Gasteiger charge is 2.40. The van der Waals surface area contributed by atoms with Crippen LogP contribution in [0.4, 0.5) is 5.69 Å². The number of nitrogens with zero attached hydrogens (tertiary/aromatic N) is 3. The number of anilines is 1. The van der Waals surface area contributed by atoms with Crippen molar-refractivity contribution >= 4 is 24.0 Å². The third-order valence-corrected chi connectivity index (χ3v) is 5.31. The first-order valence-electron chi connectivity index (χ1n) is 9.26. The summed E-state index contributed by atoms with van der Waals surface area (Å²) in [5, 5.41) is 4.12. The van der Waals surface area contributed by atoms with Gasteiger partial charge in [-0.2, -0.15) is 4.98 Å². The van der Waals surface area contributed by atoms with Gasteiger partial charge in [-0.25, -0.2) is 0 Å². The minimum atomic E-state index is -0.481. The predicted octanol–water partition coefficient (Wildman–Crippen LogP) is 3.14. The van der Waals surface area contributed by atoms with E-state index in [1.807, 2.05) is 31.2 Å². The van der Waals surface area contributed by atoms with E-state index in [2.05, 4.69) is 10.1 Å². The van der Waals surface area contributed by atoms with Gasteiger partial charge in [0.15, 0.2) is 5.82 Å². The number of rotatable bonds is 5. The average molecular weight is 393 g/mol. The molecule has 0 bridgehead atoms. The molecule has 146 valence electrons. The summed E-state index contributed by atoms with van der Waals surface area (Å²) in [6.07, 6.45) is 4.28. The molecule has 8 heteroatoms. The van der Waals surface area contributed by atoms with Crippen LogP contribution in [0.25, 0.3) is 0 Å². The lowest BCUT2D eigenvalue weighted by molar-refractivity contribution is -0.117. The Labute approximate surface area is 164 Å². The molecule has 1 aromatic carbocycles. The second-order valence-corrected chi connectivity index (χ2v) is 7.13. The first-order chi connectivity index (χ1) is 12.6. The maximum absolute atomic E-state index is 12.6. The van der Waals surface area contributed by atoms with Gasteiger partial charge in [-0.05, 0) is 31.9 Å². The third-order valence-electron chi connectivity index (χ3n) is 5.31. The molecule has 4 rings (SSSR count). The molecule has 27 heavy (non-hydrogen) atoms. The van der Waals surface area contributed by atoms with Crippen LogP contribution in [0.1, 0.15) is 56.7 Å². The summed E-state index contributed by atoms with van der Waals surface area (Å²) in [4.78, 5) is 18.9. The Kier molecular flexibility index (Phi) is 5.72. The highest BCUT2D eigenvalue weighted by atomic mass is 35.5. The maximum atomic E-state index is 12.6. The lowest BCUT2D eigenvalue weighted by atomic mass is 9.98. The fraction of sp³-hybridized carbons (Fsp3) is 0.526. The van der Waals surface area contributed by atoms with Crippen LogP contribution in [0.2, 0.25) is 0 Å². The van der Waals surface area contributed by atoms with E-state index < -0.39 is 5.54 Å². The van der Waals surface area contributed by atoms with Crippen molar-refractivity contribution < 1.29 is 14.1 Å². The summed E-state index contributed by atoms with van der Waals surface area (Å²) in [5.41, 5.74) is 6.72. The van der Waals surface area contributed by atoms with Gasteiger partial charge in [0.2, 0.25) is 11.8 Å². The number of amides is 1. The SMILES string of the molecule is CCOc1ccccc1N1CC(c2nc(C3(N)CCCC3)no2)CC1=O.Cl. The molecule has 2 aromatic rings. The zero-order chi connectivity index (χ0) is 18.1. The highest BCUT2D eigenvalue weighted by molar-refractivity contribution is 5.97. The minimum absolute atomic E-state index is 0. The number of halogens is 1. The third kappa shape index (κ3) is 3.66. The molecule has 1 saturated carbocycles. The van der Waals surface area contributed by atoms with Crippen LogP contribution in [-0.2, 0) is 10.3 Å². The lowest BCUT2D eigenvalue weighted by Crippen LogP contribution is -2.34. The second-order valence-electron chi connectivity index (χ2n) is 7.13. The van der Waals surface area contributed by atoms with Crippen molar-refractivity contribution in [3.8, 4) is 5.75 Å². The summed E-state index contributed by atoms with van der Waals surface area (Å²) in [6.45, 7) is 2.98. The number of nitrogens with two attached hydrogens (primary N) is 1. The van der Waals surface area contributed by atoms with Crippen LogP contribution in [0.3, 0.4) is 0 Å². The number of hydrogen-bond acceptors (Lipinski definition) is 6. The number of para-hydroxylation sites is 2. The Morgan fingerprint density at radius 3 is 2.81 bits per heavy atom. The van der Waals surface area contributed by atoms with E-state index in [0.717, 1.165) is 31.4 Å². The Morgan fingerprint density at radius 1 is 1.33 bits per heavy atom. The van der Waals surface area contributed by atoms with Gasteiger partial charge in [-0.15, -0.1) is 12.4 Å². The standard InChI is InChI=1S/C19H24N4O3.ClH/c1-2-25-15-8-4-3-7-14(15)23-12-13(11-16(23)24)17-21-18(22-26-17)19(20)9-5-6-10-19;/h3-4,7-8,13H,2,5-6,9-12,20H2,1H3;1H. The normalized spacial score (nSPS) is 21.3. The van der Waals surface area contributed by atoms with Gasteiger partial charge in [-0.1, -0.05) is 30.1 Å². The molecule has 1 aromatic heterocycles. The molecule has 2 N–H and O–H groups in total. The number of benzene rings is 1. The first-order valence-corrected chi connectivity index (χ1v) is 9.26. The highest BCUT2D eigenvalue weighted by Crippen LogP contribution is 2.38. The van der Waals surface area contributed by atoms with Gasteiger partial charge >= 0.3 is 0 Å². The van der Waals surface area contributed by atoms with Gasteiger partial charge in [0.05, 0.1) is 23.8 Å². The molecule has 2 fully saturated rings. The first kappa shape index (κ1) is 19.6. The quantitative estimate of drug-likeness (QED) is 0.839. The summed E-state index contributed by atoms with van der Waals surface area (Å²) < 4.78 is 11.1. The van der Waals surface area contributed by atoms with Crippen molar-refractivity contribution in [2.45, 2.75) is 50.5 Å². The van der Waals surface area contributed by atoms with E-state index in [9.17, 15) is 4.79 Å². The molecule has 0 radical (unpaired) electrons. The number of carbonyl (C=O) groups is 1. The fourth-order valence-corrected chi connectivity index (χ4v) is 3.90. The predicted molar refractivity (Wildman–Crippen MR) is 103 cm³/mol. The van der Waals surface area contributed by atoms with E-state index in [-0.39, 0.29) is 24.2 Å². The van der Waals surface area contributed by atoms with Crippen molar-refractivity contribution in [1.82, 2.24) is 10.1 Å². The van der Waals surface area contributed by atoms with Crippen molar-refractivity contribution in [1.29, 1.82) is 0 Å². The Balaban J connectivity index is 0.00000210. The molecule has 1 saturated heterocycles. The largest absolute Gasteiger partial charge is 0.492 e. The zero-order valence-corrected chi connectivity index (χ0v) is 16.2. The van der Waals surface area contributed by atoms with Gasteiger partial charge in [-0.3, -0.25) is 4.79 Å². The Hall–Kier alpha value is -2.12. The molecule has 1 unspecified atom stereocenters. The topological polar surface area (TPSA) is 94.5 Å². The number of aromatic nitrogens is 2. The zero-order valence-electron chi connectivity index (χ0n) is 15.4. The van der Waals surface area contributed by atoms with E-state index in [0.29, 0.717) is 37.0 Å². The van der Waals surface area contributed by atoms with Crippen molar-refractivity contribution in [3.63, 3.8) is 0 Å². The molecule has 2 aliphatic rings. The molecule has 1 atom stereocenters. The van der Waals surface area contributed by atoms with Gasteiger partial charge in [0, 0.05) is 13.0 Å². The summed E-state index contributed by atoms with van der Waals surface area (Å²) >= 11 is 0. The van der Waals surface area contributed by atoms with Crippen LogP contribution in [0.15, 0.2) is 28.8 Å². The molecule has 1 amide bonds. The minimum Gasteiger partial charge on any atom is -0.492 e. The van der Waals surface area contributed by atoms with Crippen LogP contribution in [0, 0.1) is 0 Å². The average Bonchev–Trinajstić information content (AvgIpc) is 3.36. The Morgan fingerprint density at radius 2 is 2.07 bits per heavy atom. The van der Waals surface area contributed by atoms with Crippen molar-refractivity contribution in [2.75, 3.05) is 18.1 Å². The molecule has 2 heterocycles.